The van der Waals surface area contributed by atoms with Crippen molar-refractivity contribution in [1.82, 2.24) is 4.90 Å². The Morgan fingerprint density at radius 3 is 3.00 bits per heavy atom. The molecule has 2 rings (SSSR count). The zero-order valence-electron chi connectivity index (χ0n) is 12.7. The number of carbonyl (C=O) groups is 2. The van der Waals surface area contributed by atoms with Crippen molar-refractivity contribution in [1.29, 1.82) is 0 Å². The number of amides is 1. The molecule has 0 aliphatic carbocycles. The summed E-state index contributed by atoms with van der Waals surface area (Å²) < 4.78 is 10.7. The minimum absolute atomic E-state index is 0.0533. The first-order valence-electron chi connectivity index (χ1n) is 7.38. The molecule has 1 aliphatic heterocycles. The van der Waals surface area contributed by atoms with Crippen LogP contribution in [-0.4, -0.2) is 54.3 Å². The maximum atomic E-state index is 12.1. The summed E-state index contributed by atoms with van der Waals surface area (Å²) in [4.78, 5) is 24.5. The van der Waals surface area contributed by atoms with Gasteiger partial charge in [0.05, 0.1) is 19.8 Å². The fourth-order valence-corrected chi connectivity index (χ4v) is 2.30. The Morgan fingerprint density at radius 2 is 2.27 bits per heavy atom. The first-order chi connectivity index (χ1) is 10.6. The third kappa shape index (κ3) is 4.73. The van der Waals surface area contributed by atoms with Gasteiger partial charge in [0.2, 0.25) is 5.91 Å². The molecule has 1 fully saturated rings. The zero-order valence-corrected chi connectivity index (χ0v) is 12.7. The van der Waals surface area contributed by atoms with Gasteiger partial charge in [0.15, 0.2) is 6.10 Å². The van der Waals surface area contributed by atoms with Crippen molar-refractivity contribution in [3.05, 3.63) is 29.8 Å². The Bertz CT molecular complexity index is 531. The van der Waals surface area contributed by atoms with E-state index in [-0.39, 0.29) is 19.1 Å². The Labute approximate surface area is 129 Å². The molecule has 0 saturated carbocycles. The average Bonchev–Trinajstić information content (AvgIpc) is 2.51. The predicted molar refractivity (Wildman–Crippen MR) is 79.9 cm³/mol. The van der Waals surface area contributed by atoms with Crippen molar-refractivity contribution in [2.24, 2.45) is 0 Å². The number of rotatable bonds is 6. The van der Waals surface area contributed by atoms with E-state index in [2.05, 4.69) is 0 Å². The zero-order chi connectivity index (χ0) is 15.9. The van der Waals surface area contributed by atoms with Crippen LogP contribution < -0.4 is 4.74 Å². The van der Waals surface area contributed by atoms with Gasteiger partial charge < -0.3 is 19.5 Å². The summed E-state index contributed by atoms with van der Waals surface area (Å²) in [5, 5.41) is 8.92. The number of carboxylic acid groups (broad SMARTS) is 1. The Morgan fingerprint density at radius 1 is 1.45 bits per heavy atom. The topological polar surface area (TPSA) is 76.1 Å². The second-order valence-corrected chi connectivity index (χ2v) is 5.31. The lowest BCUT2D eigenvalue weighted by molar-refractivity contribution is -0.159. The van der Waals surface area contributed by atoms with Crippen molar-refractivity contribution >= 4 is 11.9 Å². The van der Waals surface area contributed by atoms with Crippen LogP contribution in [0.2, 0.25) is 0 Å². The molecule has 0 radical (unpaired) electrons. The molecule has 6 nitrogen and oxygen atoms in total. The van der Waals surface area contributed by atoms with Crippen LogP contribution in [0.15, 0.2) is 24.3 Å². The fraction of sp³-hybridized carbons (Fsp3) is 0.500. The molecule has 1 amide bonds. The van der Waals surface area contributed by atoms with E-state index < -0.39 is 12.1 Å². The molecule has 1 saturated heterocycles. The van der Waals surface area contributed by atoms with E-state index >= 15 is 0 Å². The van der Waals surface area contributed by atoms with Crippen LogP contribution in [0, 0.1) is 6.92 Å². The normalized spacial score (nSPS) is 18.0. The highest BCUT2D eigenvalue weighted by atomic mass is 16.5. The van der Waals surface area contributed by atoms with Gasteiger partial charge in [0.1, 0.15) is 5.75 Å². The maximum Gasteiger partial charge on any atom is 0.334 e. The van der Waals surface area contributed by atoms with Crippen LogP contribution in [0.5, 0.6) is 5.75 Å². The molecule has 6 heteroatoms. The second-order valence-electron chi connectivity index (χ2n) is 5.31. The van der Waals surface area contributed by atoms with E-state index in [1.54, 1.807) is 4.90 Å². The van der Waals surface area contributed by atoms with Crippen LogP contribution in [-0.2, 0) is 14.3 Å². The third-order valence-corrected chi connectivity index (χ3v) is 3.49. The molecule has 0 aromatic heterocycles. The van der Waals surface area contributed by atoms with Crippen molar-refractivity contribution in [2.75, 3.05) is 26.3 Å². The molecule has 22 heavy (non-hydrogen) atoms. The third-order valence-electron chi connectivity index (χ3n) is 3.49. The first kappa shape index (κ1) is 16.3. The van der Waals surface area contributed by atoms with Gasteiger partial charge in [-0.3, -0.25) is 4.79 Å². The van der Waals surface area contributed by atoms with E-state index in [1.807, 2.05) is 31.2 Å². The van der Waals surface area contributed by atoms with Crippen LogP contribution in [0.25, 0.3) is 0 Å². The number of carbonyl (C=O) groups excluding carboxylic acids is 1. The number of benzene rings is 1. The van der Waals surface area contributed by atoms with Crippen LogP contribution in [0.3, 0.4) is 0 Å². The Balaban J connectivity index is 1.70. The first-order valence-corrected chi connectivity index (χ1v) is 7.38. The standard InChI is InChI=1S/C16H21NO5/c1-12-4-2-5-13(10-12)21-8-3-6-15(18)17-7-9-22-14(11-17)16(19)20/h2,4-5,10,14H,3,6-9,11H2,1H3,(H,19,20). The molecule has 1 N–H and O–H groups in total. The van der Waals surface area contributed by atoms with Gasteiger partial charge in [-0.25, -0.2) is 4.79 Å². The van der Waals surface area contributed by atoms with Crippen molar-refractivity contribution in [3.8, 4) is 5.75 Å². The highest BCUT2D eigenvalue weighted by molar-refractivity contribution is 5.78. The molecule has 1 aromatic rings. The molecule has 1 unspecified atom stereocenters. The number of hydrogen-bond donors (Lipinski definition) is 1. The molecule has 1 atom stereocenters. The molecule has 0 spiro atoms. The molecule has 1 aliphatic rings. The Kier molecular flexibility index (Phi) is 5.77. The van der Waals surface area contributed by atoms with E-state index in [0.29, 0.717) is 26.0 Å². The number of ether oxygens (including phenoxy) is 2. The average molecular weight is 307 g/mol. The lowest BCUT2D eigenvalue weighted by atomic mass is 10.2. The van der Waals surface area contributed by atoms with Gasteiger partial charge in [-0.05, 0) is 31.0 Å². The molecular formula is C16H21NO5. The van der Waals surface area contributed by atoms with Crippen molar-refractivity contribution in [2.45, 2.75) is 25.9 Å². The highest BCUT2D eigenvalue weighted by Gasteiger charge is 2.28. The minimum Gasteiger partial charge on any atom is -0.494 e. The minimum atomic E-state index is -1.03. The number of morpholine rings is 1. The summed E-state index contributed by atoms with van der Waals surface area (Å²) in [7, 11) is 0. The number of nitrogens with zero attached hydrogens (tertiary/aromatic N) is 1. The monoisotopic (exact) mass is 307 g/mol. The second kappa shape index (κ2) is 7.79. The number of aryl methyl sites for hydroxylation is 1. The quantitative estimate of drug-likeness (QED) is 0.805. The number of carboxylic acids is 1. The largest absolute Gasteiger partial charge is 0.494 e. The summed E-state index contributed by atoms with van der Waals surface area (Å²) in [6.45, 7) is 3.28. The summed E-state index contributed by atoms with van der Waals surface area (Å²) in [5.74, 6) is -0.285. The molecule has 0 bridgehead atoms. The fourth-order valence-electron chi connectivity index (χ4n) is 2.30. The molecular weight excluding hydrogens is 286 g/mol. The maximum absolute atomic E-state index is 12.1. The van der Waals surface area contributed by atoms with Crippen LogP contribution >= 0.6 is 0 Å². The SMILES string of the molecule is Cc1cccc(OCCCC(=O)N2CCOC(C(=O)O)C2)c1. The lowest BCUT2D eigenvalue weighted by Crippen LogP contribution is -2.48. The van der Waals surface area contributed by atoms with Gasteiger partial charge in [0, 0.05) is 13.0 Å². The molecule has 120 valence electrons. The van der Waals surface area contributed by atoms with Gasteiger partial charge in [-0.15, -0.1) is 0 Å². The van der Waals surface area contributed by atoms with Gasteiger partial charge in [-0.1, -0.05) is 12.1 Å². The summed E-state index contributed by atoms with van der Waals surface area (Å²) in [6.07, 6.45) is 0.0290. The number of hydrogen-bond acceptors (Lipinski definition) is 4. The number of aliphatic carboxylic acids is 1. The van der Waals surface area contributed by atoms with E-state index in [0.717, 1.165) is 11.3 Å². The van der Waals surface area contributed by atoms with E-state index in [4.69, 9.17) is 14.6 Å². The van der Waals surface area contributed by atoms with Crippen molar-refractivity contribution in [3.63, 3.8) is 0 Å². The predicted octanol–water partition coefficient (Wildman–Crippen LogP) is 1.47. The smallest absolute Gasteiger partial charge is 0.334 e. The highest BCUT2D eigenvalue weighted by Crippen LogP contribution is 2.13. The summed E-state index contributed by atoms with van der Waals surface area (Å²) >= 11 is 0. The van der Waals surface area contributed by atoms with Gasteiger partial charge in [-0.2, -0.15) is 0 Å². The van der Waals surface area contributed by atoms with E-state index in [9.17, 15) is 9.59 Å². The molecule has 1 aromatic carbocycles. The van der Waals surface area contributed by atoms with E-state index in [1.165, 1.54) is 0 Å². The summed E-state index contributed by atoms with van der Waals surface area (Å²) in [5.41, 5.74) is 1.13. The Hall–Kier alpha value is -2.08. The van der Waals surface area contributed by atoms with Crippen molar-refractivity contribution < 1.29 is 24.2 Å². The molecule has 1 heterocycles. The van der Waals surface area contributed by atoms with Crippen LogP contribution in [0.1, 0.15) is 18.4 Å². The van der Waals surface area contributed by atoms with Gasteiger partial charge in [0.25, 0.3) is 0 Å². The van der Waals surface area contributed by atoms with Crippen LogP contribution in [0.4, 0.5) is 0 Å². The summed E-state index contributed by atoms with van der Waals surface area (Å²) in [6, 6.07) is 7.75. The van der Waals surface area contributed by atoms with Gasteiger partial charge >= 0.3 is 5.97 Å². The lowest BCUT2D eigenvalue weighted by Gasteiger charge is -2.30.